The lowest BCUT2D eigenvalue weighted by Crippen LogP contribution is -2.34. The van der Waals surface area contributed by atoms with Gasteiger partial charge in [-0.1, -0.05) is 77.3 Å². The van der Waals surface area contributed by atoms with Crippen LogP contribution in [0.3, 0.4) is 0 Å². The number of amidine groups is 1. The quantitative estimate of drug-likeness (QED) is 0.506. The van der Waals surface area contributed by atoms with Gasteiger partial charge < -0.3 is 15.0 Å². The summed E-state index contributed by atoms with van der Waals surface area (Å²) in [4.78, 5) is 15.0. The molecule has 0 aliphatic carbocycles. The maximum Gasteiger partial charge on any atom is 0.126 e. The summed E-state index contributed by atoms with van der Waals surface area (Å²) in [5.41, 5.74) is 3.27. The van der Waals surface area contributed by atoms with Crippen molar-refractivity contribution < 1.29 is 4.79 Å². The average Bonchev–Trinajstić information content (AvgIpc) is 3.21. The van der Waals surface area contributed by atoms with Crippen LogP contribution >= 0.6 is 34.8 Å². The molecule has 1 N–H and O–H groups in total. The Morgan fingerprint density at radius 3 is 2.30 bits per heavy atom. The Hall–Kier alpha value is -2.53. The number of carbonyl (C=O) groups excluding carboxylic acids is 1. The molecule has 0 bridgehead atoms. The molecule has 7 heteroatoms. The number of benzene rings is 3. The minimum Gasteiger partial charge on any atom is -0.368 e. The first-order valence-corrected chi connectivity index (χ1v) is 10.3. The number of hydrogen-bond acceptors (Lipinski definition) is 4. The molecule has 0 radical (unpaired) electrons. The molecule has 1 atom stereocenters. The van der Waals surface area contributed by atoms with Gasteiger partial charge in [-0.3, -0.25) is 0 Å². The molecular weight excluding hydrogens is 441 g/mol. The van der Waals surface area contributed by atoms with E-state index in [4.69, 9.17) is 44.6 Å². The molecule has 1 unspecified atom stereocenters. The second-order valence-corrected chi connectivity index (χ2v) is 7.80. The van der Waals surface area contributed by atoms with Gasteiger partial charge in [0.2, 0.25) is 0 Å². The fourth-order valence-electron chi connectivity index (χ4n) is 3.29. The molecule has 1 aliphatic rings. The van der Waals surface area contributed by atoms with Gasteiger partial charge in [0.1, 0.15) is 25.3 Å². The summed E-state index contributed by atoms with van der Waals surface area (Å²) in [6, 6.07) is 23.7. The lowest BCUT2D eigenvalue weighted by atomic mass is 10.0. The number of nitrogens with one attached hydrogen (secondary N) is 1. The summed E-state index contributed by atoms with van der Waals surface area (Å²) in [5.74, 6) is 0.914. The van der Waals surface area contributed by atoms with Crippen molar-refractivity contribution in [2.45, 2.75) is 12.6 Å². The Balaban J connectivity index is 0.00000124. The van der Waals surface area contributed by atoms with Crippen LogP contribution in [0.4, 0.5) is 5.69 Å². The molecule has 4 rings (SSSR count). The van der Waals surface area contributed by atoms with Gasteiger partial charge in [-0.15, -0.1) is 0 Å². The van der Waals surface area contributed by atoms with E-state index in [9.17, 15) is 0 Å². The van der Waals surface area contributed by atoms with Crippen LogP contribution in [0.5, 0.6) is 0 Å². The van der Waals surface area contributed by atoms with Crippen LogP contribution in [0.2, 0.25) is 15.1 Å². The van der Waals surface area contributed by atoms with Gasteiger partial charge in [0, 0.05) is 17.3 Å². The number of rotatable bonds is 4. The zero-order chi connectivity index (χ0) is 21.5. The van der Waals surface area contributed by atoms with E-state index in [1.807, 2.05) is 67.5 Å². The Morgan fingerprint density at radius 1 is 0.933 bits per heavy atom. The van der Waals surface area contributed by atoms with E-state index >= 15 is 0 Å². The molecule has 0 spiro atoms. The molecule has 0 aromatic heterocycles. The normalized spacial score (nSPS) is 15.2. The number of hydrogen-bond donors (Lipinski definition) is 1. The highest BCUT2D eigenvalue weighted by molar-refractivity contribution is 6.42. The maximum atomic E-state index is 8.00. The third-order valence-corrected chi connectivity index (χ3v) is 5.69. The van der Waals surface area contributed by atoms with Gasteiger partial charge in [0.25, 0.3) is 0 Å². The maximum absolute atomic E-state index is 8.00. The van der Waals surface area contributed by atoms with E-state index in [0.29, 0.717) is 28.3 Å². The molecular formula is C23H20Cl3N3O. The van der Waals surface area contributed by atoms with E-state index in [-0.39, 0.29) is 6.04 Å². The minimum absolute atomic E-state index is 0.0572. The number of aliphatic imine (C=N–C) groups is 1. The van der Waals surface area contributed by atoms with Crippen molar-refractivity contribution in [1.82, 2.24) is 5.32 Å². The average molecular weight is 461 g/mol. The van der Waals surface area contributed by atoms with Crippen molar-refractivity contribution in [3.8, 4) is 0 Å². The number of anilines is 1. The molecule has 1 heterocycles. The highest BCUT2D eigenvalue weighted by Crippen LogP contribution is 2.35. The summed E-state index contributed by atoms with van der Waals surface area (Å²) < 4.78 is 0. The minimum atomic E-state index is -0.0572. The van der Waals surface area contributed by atoms with Gasteiger partial charge >= 0.3 is 0 Å². The number of carbonyl (C=O) groups is 1. The highest BCUT2D eigenvalue weighted by atomic mass is 35.5. The molecule has 0 saturated carbocycles. The smallest absolute Gasteiger partial charge is 0.126 e. The van der Waals surface area contributed by atoms with Gasteiger partial charge in [-0.05, 0) is 41.5 Å². The van der Waals surface area contributed by atoms with Crippen molar-refractivity contribution in [3.63, 3.8) is 0 Å². The second kappa shape index (κ2) is 10.5. The Kier molecular flexibility index (Phi) is 7.75. The summed E-state index contributed by atoms with van der Waals surface area (Å²) in [7, 11) is 0. The van der Waals surface area contributed by atoms with Crippen LogP contribution in [-0.4, -0.2) is 19.3 Å². The largest absolute Gasteiger partial charge is 0.368 e. The lowest BCUT2D eigenvalue weighted by Gasteiger charge is -2.28. The molecule has 0 fully saturated rings. The Labute approximate surface area is 191 Å². The van der Waals surface area contributed by atoms with Crippen molar-refractivity contribution >= 4 is 53.1 Å². The third kappa shape index (κ3) is 5.14. The molecule has 154 valence electrons. The molecule has 4 nitrogen and oxygen atoms in total. The summed E-state index contributed by atoms with van der Waals surface area (Å²) in [6.07, 6.45) is 0. The van der Waals surface area contributed by atoms with Crippen molar-refractivity contribution in [1.29, 1.82) is 0 Å². The van der Waals surface area contributed by atoms with E-state index < -0.39 is 0 Å². The van der Waals surface area contributed by atoms with Crippen molar-refractivity contribution in [2.24, 2.45) is 4.99 Å². The standard InChI is InChI=1S/C22H18Cl3N3.CH2O/c23-17-8-6-16(7-9-17)21-22(26-13-15-4-2-1-3-5-15)27-14-28(21)18-10-11-19(24)20(25)12-18;1-2/h1-12,21H,13-14H2,(H,26,27);1H2. The number of halogens is 3. The van der Waals surface area contributed by atoms with Crippen LogP contribution in [0.1, 0.15) is 17.2 Å². The predicted molar refractivity (Wildman–Crippen MR) is 126 cm³/mol. The van der Waals surface area contributed by atoms with E-state index in [2.05, 4.69) is 22.3 Å². The SMILES string of the molecule is C=O.Clc1ccc(C2C(NCc3ccccc3)=NCN2c2ccc(Cl)c(Cl)c2)cc1. The van der Waals surface area contributed by atoms with Crippen LogP contribution in [-0.2, 0) is 11.3 Å². The summed E-state index contributed by atoms with van der Waals surface area (Å²) in [6.45, 7) is 3.24. The third-order valence-electron chi connectivity index (χ3n) is 4.70. The monoisotopic (exact) mass is 459 g/mol. The van der Waals surface area contributed by atoms with Crippen LogP contribution in [0, 0.1) is 0 Å². The second-order valence-electron chi connectivity index (χ2n) is 6.55. The van der Waals surface area contributed by atoms with Crippen molar-refractivity contribution in [3.05, 3.63) is 99.0 Å². The first kappa shape index (κ1) is 22.2. The first-order valence-electron chi connectivity index (χ1n) is 9.20. The van der Waals surface area contributed by atoms with Crippen LogP contribution in [0.15, 0.2) is 77.8 Å². The fraction of sp³-hybridized carbons (Fsp3) is 0.130. The van der Waals surface area contributed by atoms with Crippen molar-refractivity contribution in [2.75, 3.05) is 11.6 Å². The molecule has 3 aromatic rings. The molecule has 1 aliphatic heterocycles. The van der Waals surface area contributed by atoms with E-state index in [1.54, 1.807) is 0 Å². The van der Waals surface area contributed by atoms with E-state index in [1.165, 1.54) is 5.56 Å². The summed E-state index contributed by atoms with van der Waals surface area (Å²) in [5, 5.41) is 5.28. The molecule has 0 saturated heterocycles. The zero-order valence-electron chi connectivity index (χ0n) is 16.1. The fourth-order valence-corrected chi connectivity index (χ4v) is 3.70. The topological polar surface area (TPSA) is 44.7 Å². The predicted octanol–water partition coefficient (Wildman–Crippen LogP) is 6.17. The first-order chi connectivity index (χ1) is 14.6. The van der Waals surface area contributed by atoms with Gasteiger partial charge in [-0.25, -0.2) is 4.99 Å². The molecule has 30 heavy (non-hydrogen) atoms. The molecule has 0 amide bonds. The van der Waals surface area contributed by atoms with Gasteiger partial charge in [0.05, 0.1) is 10.0 Å². The van der Waals surface area contributed by atoms with E-state index in [0.717, 1.165) is 17.1 Å². The van der Waals surface area contributed by atoms with Crippen LogP contribution < -0.4 is 10.2 Å². The Morgan fingerprint density at radius 2 is 1.63 bits per heavy atom. The summed E-state index contributed by atoms with van der Waals surface area (Å²) >= 11 is 18.4. The van der Waals surface area contributed by atoms with Crippen LogP contribution in [0.25, 0.3) is 0 Å². The highest BCUT2D eigenvalue weighted by Gasteiger charge is 2.31. The van der Waals surface area contributed by atoms with Gasteiger partial charge in [-0.2, -0.15) is 0 Å². The van der Waals surface area contributed by atoms with Gasteiger partial charge in [0.15, 0.2) is 0 Å². The molecule has 3 aromatic carbocycles. The zero-order valence-corrected chi connectivity index (χ0v) is 18.3. The Bertz CT molecular complexity index is 1010. The lowest BCUT2D eigenvalue weighted by molar-refractivity contribution is -0.0979. The number of nitrogens with zero attached hydrogens (tertiary/aromatic N) is 2.